The molecule has 0 unspecified atom stereocenters. The quantitative estimate of drug-likeness (QED) is 0.548. The van der Waals surface area contributed by atoms with Crippen LogP contribution in [0.25, 0.3) is 0 Å². The Morgan fingerprint density at radius 3 is 2.10 bits per heavy atom. The van der Waals surface area contributed by atoms with Gasteiger partial charge in [0.05, 0.1) is 0 Å². The van der Waals surface area contributed by atoms with Crippen molar-refractivity contribution in [1.82, 2.24) is 0 Å². The van der Waals surface area contributed by atoms with E-state index in [1.165, 1.54) is 9.36 Å². The zero-order valence-electron chi connectivity index (χ0n) is 12.9. The third kappa shape index (κ3) is 6.56. The van der Waals surface area contributed by atoms with Crippen LogP contribution in [0.1, 0.15) is 20.8 Å². The van der Waals surface area contributed by atoms with Gasteiger partial charge < -0.3 is 0 Å². The minimum atomic E-state index is 0.239. The second kappa shape index (κ2) is 7.89. The van der Waals surface area contributed by atoms with Gasteiger partial charge in [0, 0.05) is 0 Å². The van der Waals surface area contributed by atoms with E-state index in [0.29, 0.717) is 15.0 Å². The van der Waals surface area contributed by atoms with Crippen molar-refractivity contribution in [3.8, 4) is 0 Å². The van der Waals surface area contributed by atoms with E-state index in [0.717, 1.165) is 5.75 Å². The minimum absolute atomic E-state index is 0.239. The summed E-state index contributed by atoms with van der Waals surface area (Å²) in [6.07, 6.45) is 2.45. The fraction of sp³-hybridized carbons (Fsp3) is 0.263. The van der Waals surface area contributed by atoms with Gasteiger partial charge in [0.1, 0.15) is 0 Å². The molecule has 2 aromatic rings. The van der Waals surface area contributed by atoms with E-state index in [1.807, 2.05) is 11.8 Å². The number of thioether (sulfide) groups is 1. The van der Waals surface area contributed by atoms with Gasteiger partial charge in [0.2, 0.25) is 0 Å². The zero-order chi connectivity index (χ0) is 15.1. The Morgan fingerprint density at radius 2 is 1.52 bits per heavy atom. The number of hydrogen-bond acceptors (Lipinski definition) is 1. The average Bonchev–Trinajstić information content (AvgIpc) is 2.45. The molecule has 2 heteroatoms. The van der Waals surface area contributed by atoms with Crippen molar-refractivity contribution in [2.75, 3.05) is 5.75 Å². The Balaban J connectivity index is 2.08. The molecule has 0 heterocycles. The van der Waals surface area contributed by atoms with Crippen LogP contribution in [0.15, 0.2) is 76.1 Å². The molecule has 0 nitrogen and oxygen atoms in total. The molecule has 0 aliphatic heterocycles. The molecule has 21 heavy (non-hydrogen) atoms. The molecular formula is C19H22SSe. The van der Waals surface area contributed by atoms with E-state index in [1.54, 1.807) is 4.47 Å². The number of allylic oxidation sites excluding steroid dienone is 1. The molecule has 0 N–H and O–H groups in total. The SMILES string of the molecule is CC(C)(C)/C=C(/CSc1ccccc1)[Se]c1ccccc1. The van der Waals surface area contributed by atoms with E-state index in [9.17, 15) is 0 Å². The average molecular weight is 361 g/mol. The molecule has 110 valence electrons. The molecule has 0 aliphatic carbocycles. The topological polar surface area (TPSA) is 0 Å². The normalized spacial score (nSPS) is 12.4. The van der Waals surface area contributed by atoms with Crippen LogP contribution in [0.5, 0.6) is 0 Å². The summed E-state index contributed by atoms with van der Waals surface area (Å²) in [6, 6.07) is 21.5. The van der Waals surface area contributed by atoms with Crippen LogP contribution in [0.4, 0.5) is 0 Å². The standard InChI is InChI=1S/C19H22SSe/c1-19(2,3)14-18(21-17-12-8-5-9-13-17)15-20-16-10-6-4-7-11-16/h4-14H,15H2,1-3H3/b18-14-. The van der Waals surface area contributed by atoms with Gasteiger partial charge in [-0.25, -0.2) is 0 Å². The fourth-order valence-electron chi connectivity index (χ4n) is 1.89. The second-order valence-electron chi connectivity index (χ2n) is 5.99. The Labute approximate surface area is 139 Å². The van der Waals surface area contributed by atoms with Gasteiger partial charge in [-0.1, -0.05) is 0 Å². The molecule has 0 aromatic heterocycles. The van der Waals surface area contributed by atoms with Crippen molar-refractivity contribution < 1.29 is 0 Å². The van der Waals surface area contributed by atoms with E-state index in [2.05, 4.69) is 87.5 Å². The van der Waals surface area contributed by atoms with Crippen LogP contribution in [-0.2, 0) is 0 Å². The molecule has 0 saturated heterocycles. The second-order valence-corrected chi connectivity index (χ2v) is 9.56. The first kappa shape index (κ1) is 16.4. The molecule has 0 atom stereocenters. The van der Waals surface area contributed by atoms with Gasteiger partial charge in [-0.15, -0.1) is 0 Å². The zero-order valence-corrected chi connectivity index (χ0v) is 15.4. The maximum absolute atomic E-state index is 2.45. The molecule has 0 bridgehead atoms. The first-order chi connectivity index (χ1) is 10.0. The molecule has 0 amide bonds. The number of benzene rings is 2. The van der Waals surface area contributed by atoms with Gasteiger partial charge in [-0.2, -0.15) is 0 Å². The maximum atomic E-state index is 2.45. The van der Waals surface area contributed by atoms with Crippen molar-refractivity contribution >= 4 is 31.2 Å². The fourth-order valence-corrected chi connectivity index (χ4v) is 5.55. The van der Waals surface area contributed by atoms with Crippen molar-refractivity contribution in [3.63, 3.8) is 0 Å². The Kier molecular flexibility index (Phi) is 6.17. The number of rotatable bonds is 5. The molecule has 0 fully saturated rings. The summed E-state index contributed by atoms with van der Waals surface area (Å²) >= 11 is 2.35. The number of hydrogen-bond donors (Lipinski definition) is 0. The summed E-state index contributed by atoms with van der Waals surface area (Å²) in [5.41, 5.74) is 0.239. The monoisotopic (exact) mass is 362 g/mol. The Morgan fingerprint density at radius 1 is 0.952 bits per heavy atom. The van der Waals surface area contributed by atoms with Crippen molar-refractivity contribution in [2.24, 2.45) is 5.41 Å². The predicted molar refractivity (Wildman–Crippen MR) is 96.5 cm³/mol. The van der Waals surface area contributed by atoms with Gasteiger partial charge in [-0.3, -0.25) is 0 Å². The molecule has 2 aromatic carbocycles. The van der Waals surface area contributed by atoms with E-state index >= 15 is 0 Å². The van der Waals surface area contributed by atoms with Crippen LogP contribution in [-0.4, -0.2) is 20.7 Å². The van der Waals surface area contributed by atoms with E-state index in [4.69, 9.17) is 0 Å². The third-order valence-corrected chi connectivity index (χ3v) is 6.35. The van der Waals surface area contributed by atoms with E-state index in [-0.39, 0.29) is 5.41 Å². The summed E-state index contributed by atoms with van der Waals surface area (Å²) in [5.74, 6) is 1.08. The van der Waals surface area contributed by atoms with Crippen molar-refractivity contribution in [2.45, 2.75) is 25.7 Å². The van der Waals surface area contributed by atoms with Crippen LogP contribution in [0.3, 0.4) is 0 Å². The third-order valence-electron chi connectivity index (χ3n) is 2.71. The van der Waals surface area contributed by atoms with Crippen LogP contribution in [0.2, 0.25) is 0 Å². The van der Waals surface area contributed by atoms with Crippen LogP contribution in [0, 0.1) is 5.41 Å². The summed E-state index contributed by atoms with van der Waals surface area (Å²) in [5, 5.41) is 0. The summed E-state index contributed by atoms with van der Waals surface area (Å²) < 4.78 is 3.02. The van der Waals surface area contributed by atoms with Gasteiger partial charge in [0.25, 0.3) is 0 Å². The Hall–Kier alpha value is -0.951. The van der Waals surface area contributed by atoms with Crippen LogP contribution < -0.4 is 4.46 Å². The molecule has 0 radical (unpaired) electrons. The molecule has 2 rings (SSSR count). The Bertz CT molecular complexity index is 568. The summed E-state index contributed by atoms with van der Waals surface area (Å²) in [6.45, 7) is 6.84. The van der Waals surface area contributed by atoms with Crippen molar-refractivity contribution in [3.05, 3.63) is 71.2 Å². The van der Waals surface area contributed by atoms with E-state index < -0.39 is 0 Å². The van der Waals surface area contributed by atoms with Crippen molar-refractivity contribution in [1.29, 1.82) is 0 Å². The molecular weight excluding hydrogens is 339 g/mol. The summed E-state index contributed by atoms with van der Waals surface area (Å²) in [4.78, 5) is 1.35. The summed E-state index contributed by atoms with van der Waals surface area (Å²) in [7, 11) is 0. The van der Waals surface area contributed by atoms with Gasteiger partial charge in [-0.05, 0) is 0 Å². The first-order valence-electron chi connectivity index (χ1n) is 7.15. The molecule has 0 aliphatic rings. The van der Waals surface area contributed by atoms with Gasteiger partial charge in [0.15, 0.2) is 0 Å². The molecule has 0 spiro atoms. The first-order valence-corrected chi connectivity index (χ1v) is 9.85. The molecule has 0 saturated carbocycles. The van der Waals surface area contributed by atoms with Gasteiger partial charge >= 0.3 is 139 Å². The predicted octanol–water partition coefficient (Wildman–Crippen LogP) is 4.74. The van der Waals surface area contributed by atoms with Crippen LogP contribution >= 0.6 is 11.8 Å².